The summed E-state index contributed by atoms with van der Waals surface area (Å²) in [6.07, 6.45) is 0. The molecule has 0 bridgehead atoms. The lowest BCUT2D eigenvalue weighted by Gasteiger charge is -2.15. The van der Waals surface area contributed by atoms with Crippen LogP contribution in [0.15, 0.2) is 36.4 Å². The van der Waals surface area contributed by atoms with Gasteiger partial charge in [0.1, 0.15) is 5.82 Å². The van der Waals surface area contributed by atoms with Gasteiger partial charge >= 0.3 is 5.97 Å². The zero-order chi connectivity index (χ0) is 14.9. The normalized spacial score (nSPS) is 12.2. The van der Waals surface area contributed by atoms with Crippen molar-refractivity contribution in [2.24, 2.45) is 0 Å². The molecule has 2 rings (SSSR count). The van der Waals surface area contributed by atoms with E-state index in [4.69, 9.17) is 28.3 Å². The van der Waals surface area contributed by atoms with Gasteiger partial charge in [-0.2, -0.15) is 0 Å². The molecular formula is C15H11Cl2FO2. The molecule has 0 spiro atoms. The molecular weight excluding hydrogens is 302 g/mol. The van der Waals surface area contributed by atoms with Crippen LogP contribution >= 0.6 is 23.2 Å². The number of hydrogen-bond acceptors (Lipinski definition) is 1. The number of carboxylic acid groups (broad SMARTS) is 1. The van der Waals surface area contributed by atoms with E-state index in [-0.39, 0.29) is 21.2 Å². The van der Waals surface area contributed by atoms with Crippen molar-refractivity contribution in [3.05, 3.63) is 57.8 Å². The molecule has 0 heterocycles. The summed E-state index contributed by atoms with van der Waals surface area (Å²) in [5, 5.41) is 8.92. The number of benzene rings is 2. The van der Waals surface area contributed by atoms with Crippen LogP contribution in [-0.4, -0.2) is 11.1 Å². The van der Waals surface area contributed by atoms with Gasteiger partial charge in [0.2, 0.25) is 0 Å². The van der Waals surface area contributed by atoms with Crippen LogP contribution in [0.5, 0.6) is 0 Å². The number of carboxylic acids is 1. The summed E-state index contributed by atoms with van der Waals surface area (Å²) in [4.78, 5) is 11.0. The fourth-order valence-corrected chi connectivity index (χ4v) is 2.74. The van der Waals surface area contributed by atoms with E-state index >= 15 is 0 Å². The van der Waals surface area contributed by atoms with E-state index in [1.165, 1.54) is 13.0 Å². The molecule has 0 radical (unpaired) electrons. The molecule has 0 amide bonds. The van der Waals surface area contributed by atoms with Crippen molar-refractivity contribution in [1.82, 2.24) is 0 Å². The summed E-state index contributed by atoms with van der Waals surface area (Å²) in [5.41, 5.74) is 0.975. The third-order valence-electron chi connectivity index (χ3n) is 3.08. The average molecular weight is 313 g/mol. The van der Waals surface area contributed by atoms with Crippen molar-refractivity contribution < 1.29 is 14.3 Å². The van der Waals surface area contributed by atoms with Gasteiger partial charge in [-0.25, -0.2) is 4.39 Å². The first-order chi connectivity index (χ1) is 9.43. The maximum absolute atomic E-state index is 14.4. The van der Waals surface area contributed by atoms with Gasteiger partial charge in [0.15, 0.2) is 0 Å². The molecule has 2 aromatic rings. The van der Waals surface area contributed by atoms with E-state index in [1.807, 2.05) is 6.07 Å². The highest BCUT2D eigenvalue weighted by atomic mass is 35.5. The lowest BCUT2D eigenvalue weighted by molar-refractivity contribution is -0.138. The number of aliphatic carboxylic acids is 1. The predicted molar refractivity (Wildman–Crippen MR) is 77.9 cm³/mol. The standard InChI is InChI=1S/C15H11Cl2FO2/c1-8(15(19)20)12-11(16)7-10(14(18)13(12)17)9-5-3-2-4-6-9/h2-8H,1H3,(H,19,20). The maximum Gasteiger partial charge on any atom is 0.310 e. The highest BCUT2D eigenvalue weighted by Gasteiger charge is 2.24. The minimum Gasteiger partial charge on any atom is -0.481 e. The van der Waals surface area contributed by atoms with Gasteiger partial charge in [-0.15, -0.1) is 0 Å². The second-order valence-corrected chi connectivity index (χ2v) is 5.16. The van der Waals surface area contributed by atoms with Crippen LogP contribution in [0.3, 0.4) is 0 Å². The SMILES string of the molecule is CC(C(=O)O)c1c(Cl)cc(-c2ccccc2)c(F)c1Cl. The van der Waals surface area contributed by atoms with Gasteiger partial charge in [0.05, 0.1) is 10.9 Å². The summed E-state index contributed by atoms with van der Waals surface area (Å²) in [7, 11) is 0. The van der Waals surface area contributed by atoms with Gasteiger partial charge in [-0.3, -0.25) is 4.79 Å². The number of hydrogen-bond donors (Lipinski definition) is 1. The Hall–Kier alpha value is -1.58. The van der Waals surface area contributed by atoms with Gasteiger partial charge < -0.3 is 5.11 Å². The van der Waals surface area contributed by atoms with Crippen molar-refractivity contribution in [2.75, 3.05) is 0 Å². The summed E-state index contributed by atoms with van der Waals surface area (Å²) in [6, 6.07) is 10.2. The van der Waals surface area contributed by atoms with Crippen LogP contribution in [0, 0.1) is 5.82 Å². The van der Waals surface area contributed by atoms with Crippen LogP contribution in [-0.2, 0) is 4.79 Å². The van der Waals surface area contributed by atoms with E-state index in [9.17, 15) is 9.18 Å². The molecule has 2 nitrogen and oxygen atoms in total. The number of rotatable bonds is 3. The van der Waals surface area contributed by atoms with Crippen molar-refractivity contribution in [2.45, 2.75) is 12.8 Å². The van der Waals surface area contributed by atoms with Crippen LogP contribution in [0.2, 0.25) is 10.0 Å². The molecule has 0 saturated heterocycles. The van der Waals surface area contributed by atoms with Crippen molar-refractivity contribution in [1.29, 1.82) is 0 Å². The van der Waals surface area contributed by atoms with Crippen molar-refractivity contribution in [3.63, 3.8) is 0 Å². The fourth-order valence-electron chi connectivity index (χ4n) is 1.96. The summed E-state index contributed by atoms with van der Waals surface area (Å²) in [5.74, 6) is -2.75. The molecule has 104 valence electrons. The Labute approximate surface area is 125 Å². The monoisotopic (exact) mass is 312 g/mol. The highest BCUT2D eigenvalue weighted by Crippen LogP contribution is 2.39. The third-order valence-corrected chi connectivity index (χ3v) is 3.76. The molecule has 20 heavy (non-hydrogen) atoms. The lowest BCUT2D eigenvalue weighted by Crippen LogP contribution is -2.09. The Morgan fingerprint density at radius 1 is 1.25 bits per heavy atom. The van der Waals surface area contributed by atoms with Gasteiger partial charge in [-0.05, 0) is 18.6 Å². The zero-order valence-electron chi connectivity index (χ0n) is 10.5. The first-order valence-electron chi connectivity index (χ1n) is 5.89. The van der Waals surface area contributed by atoms with E-state index < -0.39 is 17.7 Å². The number of halogens is 3. The summed E-state index contributed by atoms with van der Waals surface area (Å²) >= 11 is 12.1. The number of carbonyl (C=O) groups is 1. The fraction of sp³-hybridized carbons (Fsp3) is 0.133. The molecule has 0 aliphatic carbocycles. The minimum absolute atomic E-state index is 0.0954. The van der Waals surface area contributed by atoms with Crippen molar-refractivity contribution >= 4 is 29.2 Å². The quantitative estimate of drug-likeness (QED) is 0.811. The molecule has 0 aromatic heterocycles. The van der Waals surface area contributed by atoms with E-state index in [0.717, 1.165) is 0 Å². The summed E-state index contributed by atoms with van der Waals surface area (Å²) in [6.45, 7) is 1.41. The molecule has 1 unspecified atom stereocenters. The first kappa shape index (κ1) is 14.8. The van der Waals surface area contributed by atoms with Gasteiger partial charge in [0, 0.05) is 16.1 Å². The Morgan fingerprint density at radius 3 is 2.40 bits per heavy atom. The molecule has 0 saturated carbocycles. The Morgan fingerprint density at radius 2 is 1.85 bits per heavy atom. The predicted octanol–water partition coefficient (Wildman–Crippen LogP) is 4.99. The Balaban J connectivity index is 2.64. The van der Waals surface area contributed by atoms with Crippen molar-refractivity contribution in [3.8, 4) is 11.1 Å². The molecule has 0 fully saturated rings. The Kier molecular flexibility index (Phi) is 4.31. The van der Waals surface area contributed by atoms with Gasteiger partial charge in [0.25, 0.3) is 0 Å². The minimum atomic E-state index is -1.11. The lowest BCUT2D eigenvalue weighted by atomic mass is 9.96. The van der Waals surface area contributed by atoms with Crippen LogP contribution in [0.1, 0.15) is 18.4 Å². The molecule has 5 heteroatoms. The molecule has 2 aromatic carbocycles. The van der Waals surface area contributed by atoms with Crippen LogP contribution < -0.4 is 0 Å². The molecule has 0 aliphatic rings. The highest BCUT2D eigenvalue weighted by molar-refractivity contribution is 6.37. The Bertz CT molecular complexity index is 657. The largest absolute Gasteiger partial charge is 0.481 e. The zero-order valence-corrected chi connectivity index (χ0v) is 12.0. The van der Waals surface area contributed by atoms with Crippen LogP contribution in [0.4, 0.5) is 4.39 Å². The molecule has 0 aliphatic heterocycles. The molecule has 1 atom stereocenters. The van der Waals surface area contributed by atoms with E-state index in [1.54, 1.807) is 24.3 Å². The second-order valence-electron chi connectivity index (χ2n) is 4.37. The smallest absolute Gasteiger partial charge is 0.310 e. The summed E-state index contributed by atoms with van der Waals surface area (Å²) < 4.78 is 14.4. The second kappa shape index (κ2) is 5.81. The topological polar surface area (TPSA) is 37.3 Å². The molecule has 1 N–H and O–H groups in total. The van der Waals surface area contributed by atoms with E-state index in [0.29, 0.717) is 5.56 Å². The third kappa shape index (κ3) is 2.65. The van der Waals surface area contributed by atoms with Gasteiger partial charge in [-0.1, -0.05) is 53.5 Å². The first-order valence-corrected chi connectivity index (χ1v) is 6.64. The maximum atomic E-state index is 14.4. The van der Waals surface area contributed by atoms with Crippen LogP contribution in [0.25, 0.3) is 11.1 Å². The average Bonchev–Trinajstić information content (AvgIpc) is 2.43. The van der Waals surface area contributed by atoms with E-state index in [2.05, 4.69) is 0 Å².